The first kappa shape index (κ1) is 16.0. The van der Waals surface area contributed by atoms with Gasteiger partial charge >= 0.3 is 12.1 Å². The van der Waals surface area contributed by atoms with Crippen LogP contribution in [0.3, 0.4) is 0 Å². The quantitative estimate of drug-likeness (QED) is 0.862. The average molecular weight is 289 g/mol. The highest BCUT2D eigenvalue weighted by atomic mass is 19.4. The van der Waals surface area contributed by atoms with Gasteiger partial charge < -0.3 is 10.1 Å². The number of hydrogen-bond acceptors (Lipinski definition) is 3. The van der Waals surface area contributed by atoms with Crippen molar-refractivity contribution in [3.63, 3.8) is 0 Å². The number of nitrogens with one attached hydrogen (secondary N) is 1. The fourth-order valence-electron chi connectivity index (χ4n) is 1.57. The Kier molecular flexibility index (Phi) is 5.12. The Labute approximate surface area is 113 Å². The van der Waals surface area contributed by atoms with Crippen LogP contribution in [-0.2, 0) is 26.9 Å². The maximum Gasteiger partial charge on any atom is 0.416 e. The van der Waals surface area contributed by atoms with E-state index in [9.17, 15) is 22.8 Å². The van der Waals surface area contributed by atoms with Crippen molar-refractivity contribution in [3.05, 3.63) is 35.4 Å². The lowest BCUT2D eigenvalue weighted by Gasteiger charge is -2.12. The van der Waals surface area contributed by atoms with E-state index in [1.54, 1.807) is 0 Å². The standard InChI is InChI=1S/C13H14F3NO3/c1-8(12(19)20-2)17-11(18)7-9-4-3-5-10(6-9)13(14,15)16/h3-6,8H,7H2,1-2H3,(H,17,18)/t8-/m0/s1. The third-order valence-corrected chi connectivity index (χ3v) is 2.55. The summed E-state index contributed by atoms with van der Waals surface area (Å²) in [4.78, 5) is 22.7. The van der Waals surface area contributed by atoms with Crippen LogP contribution in [0.1, 0.15) is 18.1 Å². The number of hydrogen-bond donors (Lipinski definition) is 1. The van der Waals surface area contributed by atoms with Crippen LogP contribution >= 0.6 is 0 Å². The van der Waals surface area contributed by atoms with Crippen LogP contribution in [0, 0.1) is 0 Å². The van der Waals surface area contributed by atoms with Crippen molar-refractivity contribution in [1.29, 1.82) is 0 Å². The number of benzene rings is 1. The predicted octanol–water partition coefficient (Wildman–Crippen LogP) is 1.93. The molecule has 0 aliphatic carbocycles. The smallest absolute Gasteiger partial charge is 0.416 e. The summed E-state index contributed by atoms with van der Waals surface area (Å²) in [5, 5.41) is 2.34. The summed E-state index contributed by atoms with van der Waals surface area (Å²) in [6.45, 7) is 1.43. The van der Waals surface area contributed by atoms with Crippen LogP contribution < -0.4 is 5.32 Å². The summed E-state index contributed by atoms with van der Waals surface area (Å²) in [6, 6.07) is 3.63. The molecule has 0 aliphatic heterocycles. The number of alkyl halides is 3. The number of carbonyl (C=O) groups is 2. The summed E-state index contributed by atoms with van der Waals surface area (Å²) < 4.78 is 41.9. The first-order valence-electron chi connectivity index (χ1n) is 5.77. The number of ether oxygens (including phenoxy) is 1. The molecule has 0 radical (unpaired) electrons. The monoisotopic (exact) mass is 289 g/mol. The first-order valence-corrected chi connectivity index (χ1v) is 5.77. The van der Waals surface area contributed by atoms with Crippen LogP contribution in [0.5, 0.6) is 0 Å². The molecule has 1 N–H and O–H groups in total. The molecule has 0 spiro atoms. The average Bonchev–Trinajstić information content (AvgIpc) is 2.36. The van der Waals surface area contributed by atoms with Crippen LogP contribution in [0.2, 0.25) is 0 Å². The maximum absolute atomic E-state index is 12.5. The molecular weight excluding hydrogens is 275 g/mol. The molecule has 1 amide bonds. The lowest BCUT2D eigenvalue weighted by atomic mass is 10.1. The number of rotatable bonds is 4. The van der Waals surface area contributed by atoms with E-state index >= 15 is 0 Å². The largest absolute Gasteiger partial charge is 0.467 e. The van der Waals surface area contributed by atoms with Crippen LogP contribution in [0.4, 0.5) is 13.2 Å². The second-order valence-corrected chi connectivity index (χ2v) is 4.19. The molecule has 0 saturated heterocycles. The molecule has 1 rings (SSSR count). The fraction of sp³-hybridized carbons (Fsp3) is 0.385. The number of carbonyl (C=O) groups excluding carboxylic acids is 2. The van der Waals surface area contributed by atoms with E-state index in [0.29, 0.717) is 0 Å². The van der Waals surface area contributed by atoms with Crippen LogP contribution in [-0.4, -0.2) is 25.0 Å². The minimum atomic E-state index is -4.45. The van der Waals surface area contributed by atoms with Gasteiger partial charge in [0, 0.05) is 0 Å². The molecule has 0 heterocycles. The van der Waals surface area contributed by atoms with Crippen molar-refractivity contribution in [2.24, 2.45) is 0 Å². The third-order valence-electron chi connectivity index (χ3n) is 2.55. The Hall–Kier alpha value is -2.05. The number of methoxy groups -OCH3 is 1. The topological polar surface area (TPSA) is 55.4 Å². The van der Waals surface area contributed by atoms with Crippen molar-refractivity contribution in [3.8, 4) is 0 Å². The van der Waals surface area contributed by atoms with E-state index < -0.39 is 29.7 Å². The molecule has 0 aromatic heterocycles. The fourth-order valence-corrected chi connectivity index (χ4v) is 1.57. The van der Waals surface area contributed by atoms with E-state index in [-0.39, 0.29) is 12.0 Å². The van der Waals surface area contributed by atoms with Gasteiger partial charge in [-0.2, -0.15) is 13.2 Å². The van der Waals surface area contributed by atoms with Crippen LogP contribution in [0.15, 0.2) is 24.3 Å². The molecule has 0 bridgehead atoms. The Morgan fingerprint density at radius 3 is 2.55 bits per heavy atom. The Morgan fingerprint density at radius 2 is 2.00 bits per heavy atom. The Balaban J connectivity index is 2.69. The highest BCUT2D eigenvalue weighted by Crippen LogP contribution is 2.29. The van der Waals surface area contributed by atoms with Gasteiger partial charge in [0.15, 0.2) is 0 Å². The third kappa shape index (κ3) is 4.56. The zero-order chi connectivity index (χ0) is 15.3. The molecule has 1 aromatic carbocycles. The van der Waals surface area contributed by atoms with Gasteiger partial charge in [-0.05, 0) is 18.6 Å². The van der Waals surface area contributed by atoms with Crippen molar-refractivity contribution >= 4 is 11.9 Å². The lowest BCUT2D eigenvalue weighted by molar-refractivity contribution is -0.144. The lowest BCUT2D eigenvalue weighted by Crippen LogP contribution is -2.39. The second kappa shape index (κ2) is 6.40. The maximum atomic E-state index is 12.5. The van der Waals surface area contributed by atoms with Gasteiger partial charge in [-0.1, -0.05) is 18.2 Å². The summed E-state index contributed by atoms with van der Waals surface area (Å²) in [7, 11) is 1.18. The minimum Gasteiger partial charge on any atom is -0.467 e. The number of esters is 1. The Morgan fingerprint density at radius 1 is 1.35 bits per heavy atom. The summed E-state index contributed by atoms with van der Waals surface area (Å²) >= 11 is 0. The number of halogens is 3. The van der Waals surface area contributed by atoms with Crippen molar-refractivity contribution < 1.29 is 27.5 Å². The Bertz CT molecular complexity index is 500. The molecule has 20 heavy (non-hydrogen) atoms. The van der Waals surface area contributed by atoms with Gasteiger partial charge in [-0.3, -0.25) is 4.79 Å². The molecule has 0 fully saturated rings. The normalized spacial score (nSPS) is 12.7. The second-order valence-electron chi connectivity index (χ2n) is 4.19. The highest BCUT2D eigenvalue weighted by Gasteiger charge is 2.30. The van der Waals surface area contributed by atoms with Gasteiger partial charge in [-0.15, -0.1) is 0 Å². The SMILES string of the molecule is COC(=O)[C@H](C)NC(=O)Cc1cccc(C(F)(F)F)c1. The van der Waals surface area contributed by atoms with Gasteiger partial charge in [0.05, 0.1) is 19.1 Å². The highest BCUT2D eigenvalue weighted by molar-refractivity contribution is 5.85. The summed E-state index contributed by atoms with van der Waals surface area (Å²) in [6.07, 6.45) is -4.70. The van der Waals surface area contributed by atoms with Crippen LogP contribution in [0.25, 0.3) is 0 Å². The zero-order valence-corrected chi connectivity index (χ0v) is 11.0. The molecule has 0 unspecified atom stereocenters. The van der Waals surface area contributed by atoms with E-state index in [4.69, 9.17) is 0 Å². The predicted molar refractivity (Wildman–Crippen MR) is 64.8 cm³/mol. The van der Waals surface area contributed by atoms with Crippen molar-refractivity contribution in [1.82, 2.24) is 5.32 Å². The molecule has 1 aromatic rings. The zero-order valence-electron chi connectivity index (χ0n) is 11.0. The molecule has 110 valence electrons. The van der Waals surface area contributed by atoms with Gasteiger partial charge in [0.25, 0.3) is 0 Å². The summed E-state index contributed by atoms with van der Waals surface area (Å²) in [5.41, 5.74) is -0.599. The minimum absolute atomic E-state index is 0.217. The molecule has 4 nitrogen and oxygen atoms in total. The van der Waals surface area contributed by atoms with Gasteiger partial charge in [0.2, 0.25) is 5.91 Å². The van der Waals surface area contributed by atoms with E-state index in [0.717, 1.165) is 12.1 Å². The first-order chi connectivity index (χ1) is 9.24. The van der Waals surface area contributed by atoms with E-state index in [2.05, 4.69) is 10.1 Å². The molecule has 0 aliphatic rings. The summed E-state index contributed by atoms with van der Waals surface area (Å²) in [5.74, 6) is -1.18. The van der Waals surface area contributed by atoms with Gasteiger partial charge in [0.1, 0.15) is 6.04 Å². The van der Waals surface area contributed by atoms with Crippen molar-refractivity contribution in [2.75, 3.05) is 7.11 Å². The number of amides is 1. The van der Waals surface area contributed by atoms with E-state index in [1.807, 2.05) is 0 Å². The van der Waals surface area contributed by atoms with E-state index in [1.165, 1.54) is 26.2 Å². The van der Waals surface area contributed by atoms with Crippen molar-refractivity contribution in [2.45, 2.75) is 25.6 Å². The molecular formula is C13H14F3NO3. The molecule has 7 heteroatoms. The van der Waals surface area contributed by atoms with Gasteiger partial charge in [-0.25, -0.2) is 4.79 Å². The molecule has 1 atom stereocenters. The molecule has 0 saturated carbocycles.